The summed E-state index contributed by atoms with van der Waals surface area (Å²) in [6.45, 7) is 8.08. The fourth-order valence-corrected chi connectivity index (χ4v) is 7.57. The van der Waals surface area contributed by atoms with Crippen LogP contribution in [-0.2, 0) is 4.74 Å². The van der Waals surface area contributed by atoms with Gasteiger partial charge in [-0.3, -0.25) is 4.90 Å². The highest BCUT2D eigenvalue weighted by molar-refractivity contribution is 6.38. The minimum Gasteiger partial charge on any atom is -0.508 e. The molecule has 1 N–H and O–H groups in total. The van der Waals surface area contributed by atoms with Gasteiger partial charge in [0.1, 0.15) is 22.7 Å². The lowest BCUT2D eigenvalue weighted by Gasteiger charge is -2.44. The van der Waals surface area contributed by atoms with Crippen LogP contribution in [0.2, 0.25) is 10.0 Å². The lowest BCUT2D eigenvalue weighted by atomic mass is 9.96. The molecule has 4 heterocycles. The van der Waals surface area contributed by atoms with Gasteiger partial charge in [0.25, 0.3) is 0 Å². The van der Waals surface area contributed by atoms with Crippen molar-refractivity contribution in [1.82, 2.24) is 19.8 Å². The van der Waals surface area contributed by atoms with Gasteiger partial charge < -0.3 is 24.5 Å². The Labute approximate surface area is 277 Å². The van der Waals surface area contributed by atoms with Crippen LogP contribution < -0.4 is 9.80 Å². The first-order valence-electron chi connectivity index (χ1n) is 15.6. The summed E-state index contributed by atoms with van der Waals surface area (Å²) in [7, 11) is 4.07. The molecular weight excluding hydrogens is 630 g/mol. The smallest absolute Gasteiger partial charge is 0.410 e. The van der Waals surface area contributed by atoms with Gasteiger partial charge in [-0.1, -0.05) is 35.3 Å². The van der Waals surface area contributed by atoms with Gasteiger partial charge in [-0.25, -0.2) is 14.2 Å². The molecule has 0 unspecified atom stereocenters. The molecule has 3 aliphatic rings. The standard InChI is InChI=1S/C34H37Cl2FN6O3/c1-34(2,3)46-33(45)43-19-9-10-20(43)15-41(14-19)31-24-13-26(36)28(23-12-22(44)11-18-7-6-8-25(35)27(18)23)29(37)30(24)38-32(39-31)42-16-21(17-42)40(4)5/h6-8,11-13,19-21,44H,9-10,14-17H2,1-5H3/t19-,20+. The van der Waals surface area contributed by atoms with E-state index in [9.17, 15) is 9.90 Å². The van der Waals surface area contributed by atoms with Crippen LogP contribution in [0.1, 0.15) is 33.6 Å². The summed E-state index contributed by atoms with van der Waals surface area (Å²) in [5.41, 5.74) is 0.0401. The van der Waals surface area contributed by atoms with E-state index in [1.807, 2.05) is 50.7 Å². The SMILES string of the molecule is CN(C)C1CN(c2nc(N3C[C@H]4CC[C@@H](C3)N4C(=O)OC(C)(C)C)c3cc(Cl)c(-c4cc(O)cc5cccc(Cl)c45)c(F)c3n2)C1. The Kier molecular flexibility index (Phi) is 7.61. The van der Waals surface area contributed by atoms with Crippen molar-refractivity contribution in [3.8, 4) is 16.9 Å². The van der Waals surface area contributed by atoms with E-state index in [0.717, 1.165) is 12.8 Å². The molecule has 0 radical (unpaired) electrons. The van der Waals surface area contributed by atoms with Gasteiger partial charge in [0.05, 0.1) is 17.1 Å². The number of fused-ring (bicyclic) bond motifs is 4. The largest absolute Gasteiger partial charge is 0.508 e. The van der Waals surface area contributed by atoms with Gasteiger partial charge in [-0.2, -0.15) is 4.98 Å². The number of halogens is 3. The average molecular weight is 668 g/mol. The van der Waals surface area contributed by atoms with Crippen molar-refractivity contribution < 1.29 is 19.0 Å². The second-order valence-corrected chi connectivity index (χ2v) is 14.6. The molecule has 12 heteroatoms. The molecule has 46 heavy (non-hydrogen) atoms. The topological polar surface area (TPSA) is 85.3 Å². The summed E-state index contributed by atoms with van der Waals surface area (Å²) < 4.78 is 22.7. The van der Waals surface area contributed by atoms with E-state index in [2.05, 4.69) is 9.80 Å². The number of carbonyl (C=O) groups is 1. The number of rotatable bonds is 4. The van der Waals surface area contributed by atoms with Gasteiger partial charge in [-0.05, 0) is 82.9 Å². The maximum Gasteiger partial charge on any atom is 0.410 e. The Balaban J connectivity index is 1.36. The Morgan fingerprint density at radius 1 is 1.00 bits per heavy atom. The molecule has 0 saturated carbocycles. The molecule has 0 aliphatic carbocycles. The van der Waals surface area contributed by atoms with E-state index >= 15 is 4.39 Å². The molecule has 1 amide bonds. The monoisotopic (exact) mass is 666 g/mol. The number of likely N-dealkylation sites (N-methyl/N-ethyl adjacent to an activating group) is 1. The number of hydrogen-bond acceptors (Lipinski definition) is 8. The molecule has 7 rings (SSSR count). The number of hydrogen-bond donors (Lipinski definition) is 1. The highest BCUT2D eigenvalue weighted by Gasteiger charge is 2.45. The zero-order chi connectivity index (χ0) is 32.7. The molecule has 3 aromatic carbocycles. The molecule has 0 spiro atoms. The van der Waals surface area contributed by atoms with Crippen molar-refractivity contribution >= 4 is 62.7 Å². The number of piperazine rings is 1. The highest BCUT2D eigenvalue weighted by Crippen LogP contribution is 2.45. The predicted molar refractivity (Wildman–Crippen MR) is 181 cm³/mol. The summed E-state index contributed by atoms with van der Waals surface area (Å²) in [6, 6.07) is 10.3. The molecular formula is C34H37Cl2FN6O3. The third kappa shape index (κ3) is 5.34. The third-order valence-electron chi connectivity index (χ3n) is 9.29. The Morgan fingerprint density at radius 3 is 2.35 bits per heavy atom. The second kappa shape index (κ2) is 11.3. The molecule has 3 fully saturated rings. The minimum atomic E-state index is -0.612. The Hall–Kier alpha value is -3.60. The van der Waals surface area contributed by atoms with Crippen LogP contribution in [0.25, 0.3) is 32.8 Å². The number of amides is 1. The first kappa shape index (κ1) is 31.0. The number of nitrogens with zero attached hydrogens (tertiary/aromatic N) is 6. The van der Waals surface area contributed by atoms with Gasteiger partial charge in [-0.15, -0.1) is 0 Å². The van der Waals surface area contributed by atoms with Crippen LogP contribution >= 0.6 is 23.2 Å². The first-order valence-corrected chi connectivity index (χ1v) is 16.3. The fourth-order valence-electron chi connectivity index (χ4n) is 7.00. The quantitative estimate of drug-likeness (QED) is 0.251. The number of aromatic hydroxyl groups is 1. The predicted octanol–water partition coefficient (Wildman–Crippen LogP) is 6.94. The Morgan fingerprint density at radius 2 is 1.70 bits per heavy atom. The molecule has 4 aromatic rings. The summed E-state index contributed by atoms with van der Waals surface area (Å²) in [4.78, 5) is 31.2. The van der Waals surface area contributed by atoms with E-state index in [0.29, 0.717) is 70.7 Å². The van der Waals surface area contributed by atoms with Crippen molar-refractivity contribution in [2.24, 2.45) is 0 Å². The third-order valence-corrected chi connectivity index (χ3v) is 9.91. The number of carbonyl (C=O) groups excluding carboxylic acids is 1. The summed E-state index contributed by atoms with van der Waals surface area (Å²) >= 11 is 13.5. The van der Waals surface area contributed by atoms with Crippen LogP contribution in [0.4, 0.5) is 21.0 Å². The van der Waals surface area contributed by atoms with Crippen molar-refractivity contribution in [2.75, 3.05) is 50.1 Å². The van der Waals surface area contributed by atoms with Crippen molar-refractivity contribution in [2.45, 2.75) is 57.3 Å². The van der Waals surface area contributed by atoms with E-state index in [-0.39, 0.29) is 40.0 Å². The zero-order valence-electron chi connectivity index (χ0n) is 26.5. The molecule has 1 aromatic heterocycles. The molecule has 3 aliphatic heterocycles. The van der Waals surface area contributed by atoms with Crippen LogP contribution in [0.15, 0.2) is 36.4 Å². The molecule has 3 saturated heterocycles. The molecule has 9 nitrogen and oxygen atoms in total. The van der Waals surface area contributed by atoms with E-state index in [1.54, 1.807) is 24.3 Å². The lowest BCUT2D eigenvalue weighted by molar-refractivity contribution is 0.0123. The van der Waals surface area contributed by atoms with Crippen molar-refractivity contribution in [1.29, 1.82) is 0 Å². The number of phenols is 1. The average Bonchev–Trinajstić information content (AvgIpc) is 3.20. The second-order valence-electron chi connectivity index (χ2n) is 13.8. The molecule has 2 bridgehead atoms. The van der Waals surface area contributed by atoms with Gasteiger partial charge >= 0.3 is 6.09 Å². The molecule has 2 atom stereocenters. The highest BCUT2D eigenvalue weighted by atomic mass is 35.5. The van der Waals surface area contributed by atoms with Crippen LogP contribution in [-0.4, -0.2) is 95.0 Å². The zero-order valence-corrected chi connectivity index (χ0v) is 28.0. The van der Waals surface area contributed by atoms with Crippen molar-refractivity contribution in [3.63, 3.8) is 0 Å². The van der Waals surface area contributed by atoms with Crippen LogP contribution in [0, 0.1) is 5.82 Å². The van der Waals surface area contributed by atoms with E-state index in [1.165, 1.54) is 6.07 Å². The number of aromatic nitrogens is 2. The maximum absolute atomic E-state index is 17.0. The van der Waals surface area contributed by atoms with Crippen LogP contribution in [0.5, 0.6) is 5.75 Å². The van der Waals surface area contributed by atoms with Crippen molar-refractivity contribution in [3.05, 3.63) is 52.3 Å². The first-order chi connectivity index (χ1) is 21.8. The Bertz CT molecular complexity index is 1860. The van der Waals surface area contributed by atoms with Gasteiger partial charge in [0.2, 0.25) is 5.95 Å². The van der Waals surface area contributed by atoms with Crippen LogP contribution in [0.3, 0.4) is 0 Å². The molecule has 242 valence electrons. The fraction of sp³-hybridized carbons (Fsp3) is 0.441. The number of benzene rings is 3. The number of ether oxygens (including phenoxy) is 1. The maximum atomic E-state index is 17.0. The number of phenolic OH excluding ortho intramolecular Hbond substituents is 1. The summed E-state index contributed by atoms with van der Waals surface area (Å²) in [5, 5.41) is 12.9. The van der Waals surface area contributed by atoms with E-state index < -0.39 is 11.4 Å². The number of anilines is 2. The lowest BCUT2D eigenvalue weighted by Crippen LogP contribution is -2.58. The van der Waals surface area contributed by atoms with E-state index in [4.69, 9.17) is 37.9 Å². The minimum absolute atomic E-state index is 0.0296. The summed E-state index contributed by atoms with van der Waals surface area (Å²) in [5.74, 6) is 0.381. The summed E-state index contributed by atoms with van der Waals surface area (Å²) in [6.07, 6.45) is 1.38. The van der Waals surface area contributed by atoms with Gasteiger partial charge in [0.15, 0.2) is 5.82 Å². The normalized spacial score (nSPS) is 20.2. The van der Waals surface area contributed by atoms with Gasteiger partial charge in [0, 0.05) is 53.6 Å².